The lowest BCUT2D eigenvalue weighted by atomic mass is 9.79. The van der Waals surface area contributed by atoms with Gasteiger partial charge in [-0.2, -0.15) is 0 Å². The van der Waals surface area contributed by atoms with Crippen LogP contribution in [0.4, 0.5) is 5.82 Å². The second kappa shape index (κ2) is 9.61. The zero-order valence-corrected chi connectivity index (χ0v) is 18.0. The molecular weight excluding hydrogens is 428 g/mol. The van der Waals surface area contributed by atoms with Gasteiger partial charge in [0.25, 0.3) is 5.91 Å². The molecule has 6 N–H and O–H groups in total. The van der Waals surface area contributed by atoms with Gasteiger partial charge in [-0.1, -0.05) is 26.7 Å². The van der Waals surface area contributed by atoms with Crippen molar-refractivity contribution in [1.29, 1.82) is 0 Å². The second-order valence-corrected chi connectivity index (χ2v) is 8.56. The Balaban J connectivity index is 0.00000306. The number of imidazole rings is 1. The zero-order valence-electron chi connectivity index (χ0n) is 18.0. The van der Waals surface area contributed by atoms with Crippen molar-refractivity contribution in [2.75, 3.05) is 12.3 Å². The average Bonchev–Trinajstić information content (AvgIpc) is 3.28. The van der Waals surface area contributed by atoms with Crippen molar-refractivity contribution in [2.45, 2.75) is 77.1 Å². The summed E-state index contributed by atoms with van der Waals surface area (Å²) in [6, 6.07) is 0. The highest BCUT2D eigenvalue weighted by Crippen LogP contribution is 2.33. The summed E-state index contributed by atoms with van der Waals surface area (Å²) in [6.07, 6.45) is -0.699. The van der Waals surface area contributed by atoms with Gasteiger partial charge in [0.2, 0.25) is 5.82 Å². The fourth-order valence-electron chi connectivity index (χ4n) is 4.37. The maximum Gasteiger partial charge on any atom is 0.252 e. The molecule has 2 aromatic rings. The fourth-order valence-corrected chi connectivity index (χ4v) is 4.37. The SMILES string of the molecule is C.CCNC(=O)[C@H]1O[C@@H](n2cnc3c(N)nc(C#C[C@]4(O)CCC[C@H](C)C4)nc32)[C@@H](O)C1O. The third-order valence-electron chi connectivity index (χ3n) is 5.95. The Kier molecular flexibility index (Phi) is 7.23. The molecular formula is C22H32N6O5. The number of aliphatic hydroxyl groups is 3. The van der Waals surface area contributed by atoms with Crippen LogP contribution >= 0.6 is 0 Å². The van der Waals surface area contributed by atoms with E-state index in [9.17, 15) is 20.1 Å². The standard InChI is InChI=1S/C21H28N6O5.CH4/c1-3-23-19(30)16-14(28)15(29)20(32-16)27-10-24-13-17(22)25-12(26-18(13)27)6-8-21(31)7-4-5-11(2)9-21;/h10-11,14-16,20,28-29,31H,3-5,7,9H2,1-2H3,(H,23,30)(H2,22,25,26);1H4/t11-,14?,15-,16-,20+,21+;/m0./s1. The first-order valence-corrected chi connectivity index (χ1v) is 10.8. The average molecular weight is 461 g/mol. The Hall–Kier alpha value is -2.78. The lowest BCUT2D eigenvalue weighted by Gasteiger charge is -2.30. The van der Waals surface area contributed by atoms with Crippen molar-refractivity contribution in [3.05, 3.63) is 12.2 Å². The number of anilines is 1. The summed E-state index contributed by atoms with van der Waals surface area (Å²) in [5.74, 6) is 5.74. The number of nitrogens with zero attached hydrogens (tertiary/aromatic N) is 4. The van der Waals surface area contributed by atoms with E-state index in [0.29, 0.717) is 25.3 Å². The van der Waals surface area contributed by atoms with Crippen molar-refractivity contribution in [2.24, 2.45) is 5.92 Å². The molecule has 1 saturated carbocycles. The maximum absolute atomic E-state index is 12.2. The Morgan fingerprint density at radius 3 is 2.85 bits per heavy atom. The monoisotopic (exact) mass is 460 g/mol. The Bertz CT molecular complexity index is 1080. The van der Waals surface area contributed by atoms with E-state index in [-0.39, 0.29) is 30.2 Å². The predicted octanol–water partition coefficient (Wildman–Crippen LogP) is 0.0926. The molecule has 1 aliphatic carbocycles. The molecule has 11 nitrogen and oxygen atoms in total. The predicted molar refractivity (Wildman–Crippen MR) is 121 cm³/mol. The van der Waals surface area contributed by atoms with Gasteiger partial charge < -0.3 is 31.1 Å². The Morgan fingerprint density at radius 2 is 2.15 bits per heavy atom. The molecule has 33 heavy (non-hydrogen) atoms. The molecule has 0 bridgehead atoms. The van der Waals surface area contributed by atoms with Crippen LogP contribution < -0.4 is 11.1 Å². The molecule has 1 saturated heterocycles. The van der Waals surface area contributed by atoms with Crippen LogP contribution in [-0.4, -0.2) is 71.2 Å². The van der Waals surface area contributed by atoms with Gasteiger partial charge in [0, 0.05) is 6.54 Å². The number of hydrogen-bond donors (Lipinski definition) is 5. The summed E-state index contributed by atoms with van der Waals surface area (Å²) < 4.78 is 7.04. The number of carbonyl (C=O) groups excluding carboxylic acids is 1. The van der Waals surface area contributed by atoms with Crippen LogP contribution in [0, 0.1) is 17.8 Å². The van der Waals surface area contributed by atoms with Crippen LogP contribution in [0.15, 0.2) is 6.33 Å². The van der Waals surface area contributed by atoms with Crippen LogP contribution in [0.3, 0.4) is 0 Å². The highest BCUT2D eigenvalue weighted by Gasteiger charge is 2.47. The van der Waals surface area contributed by atoms with Crippen molar-refractivity contribution in [3.8, 4) is 11.8 Å². The highest BCUT2D eigenvalue weighted by molar-refractivity contribution is 5.83. The van der Waals surface area contributed by atoms with Crippen LogP contribution in [-0.2, 0) is 9.53 Å². The number of amides is 1. The summed E-state index contributed by atoms with van der Waals surface area (Å²) >= 11 is 0. The van der Waals surface area contributed by atoms with Gasteiger partial charge in [-0.05, 0) is 38.0 Å². The summed E-state index contributed by atoms with van der Waals surface area (Å²) in [5, 5.41) is 34.1. The van der Waals surface area contributed by atoms with E-state index in [1.54, 1.807) is 6.92 Å². The van der Waals surface area contributed by atoms with Gasteiger partial charge in [0.15, 0.2) is 23.8 Å². The number of nitrogen functional groups attached to an aromatic ring is 1. The molecule has 1 aliphatic heterocycles. The van der Waals surface area contributed by atoms with Crippen LogP contribution in [0.1, 0.15) is 59.0 Å². The topological polar surface area (TPSA) is 169 Å². The summed E-state index contributed by atoms with van der Waals surface area (Å²) in [4.78, 5) is 24.9. The van der Waals surface area contributed by atoms with Crippen LogP contribution in [0.2, 0.25) is 0 Å². The van der Waals surface area contributed by atoms with Crippen molar-refractivity contribution in [1.82, 2.24) is 24.8 Å². The first kappa shape index (κ1) is 24.9. The van der Waals surface area contributed by atoms with Gasteiger partial charge in [0.05, 0.1) is 6.33 Å². The van der Waals surface area contributed by atoms with Crippen LogP contribution in [0.25, 0.3) is 11.2 Å². The molecule has 4 rings (SSSR count). The number of aliphatic hydroxyl groups excluding tert-OH is 2. The minimum atomic E-state index is -1.43. The number of carbonyl (C=O) groups is 1. The van der Waals surface area contributed by atoms with Gasteiger partial charge in [-0.15, -0.1) is 0 Å². The van der Waals surface area contributed by atoms with E-state index >= 15 is 0 Å². The third kappa shape index (κ3) is 4.79. The van der Waals surface area contributed by atoms with E-state index in [1.807, 2.05) is 0 Å². The van der Waals surface area contributed by atoms with Crippen molar-refractivity contribution in [3.63, 3.8) is 0 Å². The first-order chi connectivity index (χ1) is 15.2. The summed E-state index contributed by atoms with van der Waals surface area (Å²) in [5.41, 5.74) is 5.44. The van der Waals surface area contributed by atoms with E-state index in [4.69, 9.17) is 10.5 Å². The molecule has 1 amide bonds. The molecule has 0 radical (unpaired) electrons. The summed E-state index contributed by atoms with van der Waals surface area (Å²) in [6.45, 7) is 4.18. The molecule has 3 heterocycles. The molecule has 2 aromatic heterocycles. The van der Waals surface area contributed by atoms with Gasteiger partial charge in [-0.25, -0.2) is 15.0 Å². The largest absolute Gasteiger partial charge is 0.387 e. The highest BCUT2D eigenvalue weighted by atomic mass is 16.6. The molecule has 180 valence electrons. The molecule has 0 aromatic carbocycles. The molecule has 2 fully saturated rings. The van der Waals surface area contributed by atoms with Crippen molar-refractivity contribution >= 4 is 22.9 Å². The molecule has 2 aliphatic rings. The molecule has 6 atom stereocenters. The number of nitrogens with one attached hydrogen (secondary N) is 1. The quantitative estimate of drug-likeness (QED) is 0.399. The van der Waals surface area contributed by atoms with E-state index in [1.165, 1.54) is 10.9 Å². The third-order valence-corrected chi connectivity index (χ3v) is 5.95. The van der Waals surface area contributed by atoms with Gasteiger partial charge >= 0.3 is 0 Å². The minimum Gasteiger partial charge on any atom is -0.387 e. The number of ether oxygens (including phenoxy) is 1. The van der Waals surface area contributed by atoms with E-state index < -0.39 is 36.0 Å². The Labute approximate surface area is 192 Å². The molecule has 0 spiro atoms. The second-order valence-electron chi connectivity index (χ2n) is 8.56. The zero-order chi connectivity index (χ0) is 23.0. The number of nitrogens with two attached hydrogens (primary N) is 1. The lowest BCUT2D eigenvalue weighted by molar-refractivity contribution is -0.137. The van der Waals surface area contributed by atoms with Crippen LogP contribution in [0.5, 0.6) is 0 Å². The van der Waals surface area contributed by atoms with Gasteiger partial charge in [-0.3, -0.25) is 9.36 Å². The molecule has 11 heteroatoms. The fraction of sp³-hybridized carbons (Fsp3) is 0.636. The number of likely N-dealkylation sites (N-methyl/N-ethyl adjacent to an activating group) is 1. The maximum atomic E-state index is 12.2. The lowest BCUT2D eigenvalue weighted by Crippen LogP contribution is -2.42. The smallest absolute Gasteiger partial charge is 0.252 e. The number of fused-ring (bicyclic) bond motifs is 1. The minimum absolute atomic E-state index is 0. The summed E-state index contributed by atoms with van der Waals surface area (Å²) in [7, 11) is 0. The van der Waals surface area contributed by atoms with E-state index in [2.05, 4.69) is 39.0 Å². The number of hydrogen-bond acceptors (Lipinski definition) is 9. The normalized spacial score (nSPS) is 31.5. The van der Waals surface area contributed by atoms with Gasteiger partial charge in [0.1, 0.15) is 23.3 Å². The number of rotatable bonds is 3. The first-order valence-electron chi connectivity index (χ1n) is 10.8. The van der Waals surface area contributed by atoms with E-state index in [0.717, 1.165) is 12.8 Å². The Morgan fingerprint density at radius 1 is 1.39 bits per heavy atom. The van der Waals surface area contributed by atoms with Crippen molar-refractivity contribution < 1.29 is 24.9 Å². The number of aromatic nitrogens is 4. The molecule has 1 unspecified atom stereocenters.